The number of amidine groups is 1. The van der Waals surface area contributed by atoms with E-state index in [9.17, 15) is 5.41 Å². The fourth-order valence-corrected chi connectivity index (χ4v) is 7.17. The Balaban J connectivity index is 1.21. The molecule has 0 fully saturated rings. The van der Waals surface area contributed by atoms with Crippen molar-refractivity contribution in [1.82, 2.24) is 9.13 Å². The fourth-order valence-electron chi connectivity index (χ4n) is 7.17. The lowest BCUT2D eigenvalue weighted by Crippen LogP contribution is -2.19. The van der Waals surface area contributed by atoms with Gasteiger partial charge in [0.2, 0.25) is 0 Å². The maximum atomic E-state index is 9.69. The first-order valence-electron chi connectivity index (χ1n) is 16.7. The predicted octanol–water partition coefficient (Wildman–Crippen LogP) is 10.8. The summed E-state index contributed by atoms with van der Waals surface area (Å²) in [5, 5.41) is 23.4. The Morgan fingerprint density at radius 2 is 0.760 bits per heavy atom. The van der Waals surface area contributed by atoms with E-state index in [1.807, 2.05) is 54.6 Å². The molecule has 236 valence electrons. The Labute approximate surface area is 289 Å². The number of aliphatic imine (C=N–C) groups is 1. The van der Waals surface area contributed by atoms with E-state index in [4.69, 9.17) is 10.4 Å². The van der Waals surface area contributed by atoms with Crippen LogP contribution in [0.15, 0.2) is 181 Å². The minimum Gasteiger partial charge on any atom is -0.309 e. The summed E-state index contributed by atoms with van der Waals surface area (Å²) in [5.74, 6) is 0.103. The Morgan fingerprint density at radius 3 is 1.24 bits per heavy atom. The highest BCUT2D eigenvalue weighted by Crippen LogP contribution is 2.34. The van der Waals surface area contributed by atoms with Gasteiger partial charge in [0, 0.05) is 49.6 Å². The molecule has 2 N–H and O–H groups in total. The number of nitrogens with one attached hydrogen (secondary N) is 2. The van der Waals surface area contributed by atoms with Gasteiger partial charge in [-0.3, -0.25) is 10.8 Å². The zero-order chi connectivity index (χ0) is 33.6. The number of hydrogen-bond donors (Lipinski definition) is 2. The molecule has 0 bridgehead atoms. The smallest absolute Gasteiger partial charge is 0.152 e. The van der Waals surface area contributed by atoms with E-state index in [2.05, 4.69) is 130 Å². The van der Waals surface area contributed by atoms with E-state index >= 15 is 0 Å². The van der Waals surface area contributed by atoms with Crippen molar-refractivity contribution in [1.29, 1.82) is 10.8 Å². The van der Waals surface area contributed by atoms with Crippen molar-refractivity contribution in [2.24, 2.45) is 4.99 Å². The molecule has 0 atom stereocenters. The topological polar surface area (TPSA) is 69.9 Å². The molecule has 5 heteroatoms. The van der Waals surface area contributed by atoms with Crippen molar-refractivity contribution < 1.29 is 0 Å². The van der Waals surface area contributed by atoms with Crippen LogP contribution in [0.3, 0.4) is 0 Å². The average Bonchev–Trinajstić information content (AvgIpc) is 3.70. The molecule has 0 amide bonds. The summed E-state index contributed by atoms with van der Waals surface area (Å²) in [5.41, 5.74) is 9.19. The molecule has 9 rings (SSSR count). The van der Waals surface area contributed by atoms with Gasteiger partial charge in [-0.15, -0.1) is 0 Å². The molecular formula is C45H31N5. The van der Waals surface area contributed by atoms with Crippen LogP contribution < -0.4 is 0 Å². The van der Waals surface area contributed by atoms with Gasteiger partial charge in [0.15, 0.2) is 5.84 Å². The van der Waals surface area contributed by atoms with Crippen molar-refractivity contribution in [3.05, 3.63) is 193 Å². The molecule has 0 saturated heterocycles. The number of nitrogens with zero attached hydrogens (tertiary/aromatic N) is 3. The highest BCUT2D eigenvalue weighted by molar-refractivity contribution is 6.54. The van der Waals surface area contributed by atoms with Crippen LogP contribution in [0.25, 0.3) is 55.0 Å². The van der Waals surface area contributed by atoms with Crippen LogP contribution in [0, 0.1) is 10.8 Å². The first-order valence-corrected chi connectivity index (χ1v) is 16.7. The molecular weight excluding hydrogens is 611 g/mol. The number of rotatable bonds is 6. The van der Waals surface area contributed by atoms with Crippen molar-refractivity contribution in [3.8, 4) is 11.4 Å². The standard InChI is InChI=1S/C45H31N5/c46-43(31-16-12-18-33(28-31)49-39-24-8-4-20-35(39)36-21-5-9-25-40(36)49)44(48-45(47)30-14-2-1-3-15-30)32-17-13-19-34(29-32)50-41-26-10-6-22-37(41)38-23-7-11-27-42(38)50/h1-29,46-47H. The SMILES string of the molecule is N=C(N=C(C(=N)c1cccc(-n2c3ccccc3c3ccccc32)c1)c1cccc(-n2c3ccccc3c3ccccc32)c1)c1ccccc1. The quantitative estimate of drug-likeness (QED) is 0.134. The highest BCUT2D eigenvalue weighted by Gasteiger charge is 2.19. The number of fused-ring (bicyclic) bond motifs is 6. The van der Waals surface area contributed by atoms with Crippen LogP contribution >= 0.6 is 0 Å². The van der Waals surface area contributed by atoms with Crippen LogP contribution in [0.1, 0.15) is 16.7 Å². The number of para-hydroxylation sites is 4. The summed E-state index contributed by atoms with van der Waals surface area (Å²) in [7, 11) is 0. The fraction of sp³-hybridized carbons (Fsp3) is 0. The lowest BCUT2D eigenvalue weighted by molar-refractivity contribution is 1.18. The zero-order valence-electron chi connectivity index (χ0n) is 27.1. The van der Waals surface area contributed by atoms with Gasteiger partial charge in [0.05, 0.1) is 33.5 Å². The van der Waals surface area contributed by atoms with Gasteiger partial charge in [0.1, 0.15) is 0 Å². The summed E-state index contributed by atoms with van der Waals surface area (Å²) < 4.78 is 4.52. The Bertz CT molecular complexity index is 2690. The molecule has 0 radical (unpaired) electrons. The monoisotopic (exact) mass is 641 g/mol. The van der Waals surface area contributed by atoms with E-state index in [0.29, 0.717) is 16.8 Å². The van der Waals surface area contributed by atoms with Crippen molar-refractivity contribution in [2.75, 3.05) is 0 Å². The highest BCUT2D eigenvalue weighted by atomic mass is 15.0. The molecule has 5 nitrogen and oxygen atoms in total. The van der Waals surface area contributed by atoms with Crippen molar-refractivity contribution in [3.63, 3.8) is 0 Å². The van der Waals surface area contributed by atoms with Gasteiger partial charge in [-0.05, 0) is 48.5 Å². The molecule has 0 aliphatic rings. The van der Waals surface area contributed by atoms with Gasteiger partial charge in [-0.2, -0.15) is 0 Å². The number of benzene rings is 7. The minimum absolute atomic E-state index is 0.103. The third-order valence-corrected chi connectivity index (χ3v) is 9.44. The molecule has 2 heterocycles. The third-order valence-electron chi connectivity index (χ3n) is 9.44. The van der Waals surface area contributed by atoms with E-state index in [0.717, 1.165) is 39.0 Å². The minimum atomic E-state index is 0.103. The maximum Gasteiger partial charge on any atom is 0.152 e. The van der Waals surface area contributed by atoms with Crippen LogP contribution in [0.4, 0.5) is 0 Å². The van der Waals surface area contributed by atoms with Crippen LogP contribution in [-0.4, -0.2) is 26.4 Å². The van der Waals surface area contributed by atoms with E-state index in [1.165, 1.54) is 21.5 Å². The molecule has 50 heavy (non-hydrogen) atoms. The maximum absolute atomic E-state index is 9.69. The summed E-state index contributed by atoms with van der Waals surface area (Å²) in [6.45, 7) is 0. The van der Waals surface area contributed by atoms with Gasteiger partial charge in [-0.25, -0.2) is 4.99 Å². The molecule has 0 unspecified atom stereocenters. The number of hydrogen-bond acceptors (Lipinski definition) is 2. The van der Waals surface area contributed by atoms with Crippen LogP contribution in [-0.2, 0) is 0 Å². The van der Waals surface area contributed by atoms with E-state index < -0.39 is 0 Å². The zero-order valence-corrected chi connectivity index (χ0v) is 27.1. The molecule has 7 aromatic carbocycles. The predicted molar refractivity (Wildman–Crippen MR) is 208 cm³/mol. The lowest BCUT2D eigenvalue weighted by Gasteiger charge is -2.15. The van der Waals surface area contributed by atoms with Crippen LogP contribution in [0.5, 0.6) is 0 Å². The second-order valence-electron chi connectivity index (χ2n) is 12.4. The van der Waals surface area contributed by atoms with E-state index in [1.54, 1.807) is 0 Å². The summed E-state index contributed by atoms with van der Waals surface area (Å²) >= 11 is 0. The third kappa shape index (κ3) is 4.83. The molecule has 0 spiro atoms. The van der Waals surface area contributed by atoms with Crippen LogP contribution in [0.2, 0.25) is 0 Å². The van der Waals surface area contributed by atoms with Crippen molar-refractivity contribution >= 4 is 60.9 Å². The summed E-state index contributed by atoms with van der Waals surface area (Å²) in [4.78, 5) is 4.89. The first-order chi connectivity index (χ1) is 24.7. The first kappa shape index (κ1) is 29.3. The Hall–Kier alpha value is -6.85. The molecule has 0 aliphatic carbocycles. The Morgan fingerprint density at radius 1 is 0.380 bits per heavy atom. The molecule has 2 aromatic heterocycles. The average molecular weight is 642 g/mol. The van der Waals surface area contributed by atoms with Gasteiger partial charge >= 0.3 is 0 Å². The van der Waals surface area contributed by atoms with Gasteiger partial charge < -0.3 is 9.13 Å². The molecule has 0 saturated carbocycles. The van der Waals surface area contributed by atoms with Crippen molar-refractivity contribution in [2.45, 2.75) is 0 Å². The lowest BCUT2D eigenvalue weighted by atomic mass is 9.98. The molecule has 0 aliphatic heterocycles. The normalized spacial score (nSPS) is 11.9. The number of aromatic nitrogens is 2. The molecule has 9 aromatic rings. The van der Waals surface area contributed by atoms with E-state index in [-0.39, 0.29) is 11.5 Å². The summed E-state index contributed by atoms with van der Waals surface area (Å²) in [6.07, 6.45) is 0. The Kier molecular flexibility index (Phi) is 7.03. The second kappa shape index (κ2) is 12.0. The second-order valence-corrected chi connectivity index (χ2v) is 12.4. The van der Waals surface area contributed by atoms with Gasteiger partial charge in [-0.1, -0.05) is 127 Å². The summed E-state index contributed by atoms with van der Waals surface area (Å²) in [6, 6.07) is 59.5. The largest absolute Gasteiger partial charge is 0.309 e. The van der Waals surface area contributed by atoms with Gasteiger partial charge in [0.25, 0.3) is 0 Å².